The molecule has 0 radical (unpaired) electrons. The molecule has 2 aliphatic rings. The number of non-ortho nitro benzene ring substituents is 1. The topological polar surface area (TPSA) is 117 Å². The van der Waals surface area contributed by atoms with E-state index in [9.17, 15) is 24.8 Å². The first-order valence-corrected chi connectivity index (χ1v) is 11.8. The lowest BCUT2D eigenvalue weighted by Crippen LogP contribution is -2.31. The number of pyridine rings is 1. The molecule has 0 aliphatic carbocycles. The Balaban J connectivity index is 1.60. The van der Waals surface area contributed by atoms with E-state index >= 15 is 0 Å². The van der Waals surface area contributed by atoms with Crippen molar-refractivity contribution >= 4 is 34.5 Å². The number of rotatable bonds is 5. The van der Waals surface area contributed by atoms with Crippen LogP contribution >= 0.6 is 0 Å². The normalized spacial score (nSPS) is 19.5. The van der Waals surface area contributed by atoms with Crippen LogP contribution in [0.25, 0.3) is 5.76 Å². The minimum absolute atomic E-state index is 0.0728. The predicted molar refractivity (Wildman–Crippen MR) is 135 cm³/mol. The molecule has 2 aliphatic heterocycles. The third-order valence-electron chi connectivity index (χ3n) is 6.59. The Morgan fingerprint density at radius 3 is 2.33 bits per heavy atom. The summed E-state index contributed by atoms with van der Waals surface area (Å²) < 4.78 is 0. The number of hydrogen-bond acceptors (Lipinski definition) is 7. The van der Waals surface area contributed by atoms with Crippen LogP contribution in [0.3, 0.4) is 0 Å². The van der Waals surface area contributed by atoms with Gasteiger partial charge in [0.15, 0.2) is 0 Å². The number of aliphatic hydroxyl groups is 1. The van der Waals surface area contributed by atoms with Crippen molar-refractivity contribution in [3.05, 3.63) is 99.9 Å². The molecule has 2 saturated heterocycles. The van der Waals surface area contributed by atoms with E-state index in [-0.39, 0.29) is 16.8 Å². The highest BCUT2D eigenvalue weighted by Crippen LogP contribution is 2.42. The lowest BCUT2D eigenvalue weighted by atomic mass is 9.98. The van der Waals surface area contributed by atoms with Crippen molar-refractivity contribution < 1.29 is 19.6 Å². The molecule has 1 atom stereocenters. The third kappa shape index (κ3) is 4.19. The molecule has 9 nitrogen and oxygen atoms in total. The number of piperidine rings is 1. The van der Waals surface area contributed by atoms with E-state index in [1.807, 2.05) is 12.1 Å². The fourth-order valence-corrected chi connectivity index (χ4v) is 4.81. The highest BCUT2D eigenvalue weighted by molar-refractivity contribution is 6.51. The van der Waals surface area contributed by atoms with Crippen LogP contribution < -0.4 is 9.80 Å². The summed E-state index contributed by atoms with van der Waals surface area (Å²) in [6, 6.07) is 16.9. The first kappa shape index (κ1) is 23.2. The molecule has 1 N–H and O–H groups in total. The number of benzene rings is 2. The second kappa shape index (κ2) is 9.61. The van der Waals surface area contributed by atoms with Crippen LogP contribution in [0.4, 0.5) is 17.1 Å². The van der Waals surface area contributed by atoms with Crippen LogP contribution in [0.15, 0.2) is 78.5 Å². The number of aromatic nitrogens is 1. The first-order valence-electron chi connectivity index (χ1n) is 11.8. The Labute approximate surface area is 207 Å². The van der Waals surface area contributed by atoms with Crippen molar-refractivity contribution in [3.8, 4) is 0 Å². The van der Waals surface area contributed by atoms with E-state index in [0.717, 1.165) is 31.6 Å². The SMILES string of the molecule is O=C1C(=O)N(c2ccc(N3CCCCC3)cc2)C(c2ccccn2)/C1=C(/O)c1cccc([N+](=O)[O-])c1. The fourth-order valence-electron chi connectivity index (χ4n) is 4.81. The third-order valence-corrected chi connectivity index (χ3v) is 6.59. The van der Waals surface area contributed by atoms with Gasteiger partial charge < -0.3 is 10.0 Å². The monoisotopic (exact) mass is 484 g/mol. The molecule has 1 unspecified atom stereocenters. The molecule has 36 heavy (non-hydrogen) atoms. The van der Waals surface area contributed by atoms with Crippen molar-refractivity contribution in [3.63, 3.8) is 0 Å². The van der Waals surface area contributed by atoms with Gasteiger partial charge in [-0.2, -0.15) is 0 Å². The number of Topliss-reactive ketones (excluding diaryl/α,β-unsaturated/α-hetero) is 1. The van der Waals surface area contributed by atoms with Crippen molar-refractivity contribution in [1.29, 1.82) is 0 Å². The number of ketones is 1. The number of anilines is 2. The van der Waals surface area contributed by atoms with Gasteiger partial charge in [-0.25, -0.2) is 0 Å². The molecule has 2 fully saturated rings. The largest absolute Gasteiger partial charge is 0.507 e. The maximum atomic E-state index is 13.3. The maximum absolute atomic E-state index is 13.3. The Kier molecular flexibility index (Phi) is 6.20. The molecular formula is C27H24N4O5. The second-order valence-electron chi connectivity index (χ2n) is 8.80. The van der Waals surface area contributed by atoms with Crippen molar-refractivity contribution in [2.45, 2.75) is 25.3 Å². The number of amides is 1. The van der Waals surface area contributed by atoms with E-state index in [0.29, 0.717) is 11.4 Å². The Morgan fingerprint density at radius 2 is 1.67 bits per heavy atom. The van der Waals surface area contributed by atoms with E-state index in [4.69, 9.17) is 0 Å². The summed E-state index contributed by atoms with van der Waals surface area (Å²) >= 11 is 0. The van der Waals surface area contributed by atoms with Crippen LogP contribution in [0.1, 0.15) is 36.6 Å². The predicted octanol–water partition coefficient (Wildman–Crippen LogP) is 4.61. The summed E-state index contributed by atoms with van der Waals surface area (Å²) in [5.74, 6) is -2.17. The van der Waals surface area contributed by atoms with Gasteiger partial charge in [0.25, 0.3) is 17.4 Å². The van der Waals surface area contributed by atoms with Crippen molar-refractivity contribution in [2.24, 2.45) is 0 Å². The fraction of sp³-hybridized carbons (Fsp3) is 0.222. The van der Waals surface area contributed by atoms with Gasteiger partial charge in [0, 0.05) is 48.4 Å². The number of carbonyl (C=O) groups is 2. The van der Waals surface area contributed by atoms with Crippen LogP contribution in [0.2, 0.25) is 0 Å². The van der Waals surface area contributed by atoms with Crippen LogP contribution in [-0.2, 0) is 9.59 Å². The van der Waals surface area contributed by atoms with Gasteiger partial charge >= 0.3 is 0 Å². The Hall–Kier alpha value is -4.53. The minimum atomic E-state index is -0.994. The average molecular weight is 485 g/mol. The molecular weight excluding hydrogens is 460 g/mol. The Bertz CT molecular complexity index is 1350. The van der Waals surface area contributed by atoms with E-state index < -0.39 is 28.4 Å². The van der Waals surface area contributed by atoms with E-state index in [1.165, 1.54) is 35.6 Å². The number of hydrogen-bond donors (Lipinski definition) is 1. The maximum Gasteiger partial charge on any atom is 0.300 e. The molecule has 0 spiro atoms. The highest BCUT2D eigenvalue weighted by atomic mass is 16.6. The smallest absolute Gasteiger partial charge is 0.300 e. The van der Waals surface area contributed by atoms with Gasteiger partial charge in [-0.3, -0.25) is 29.6 Å². The van der Waals surface area contributed by atoms with Gasteiger partial charge in [0.1, 0.15) is 11.8 Å². The zero-order chi connectivity index (χ0) is 25.2. The molecule has 9 heteroatoms. The lowest BCUT2D eigenvalue weighted by Gasteiger charge is -2.30. The number of nitro groups is 1. The van der Waals surface area contributed by atoms with E-state index in [2.05, 4.69) is 9.88 Å². The highest BCUT2D eigenvalue weighted by Gasteiger charge is 2.47. The molecule has 0 bridgehead atoms. The molecule has 2 aromatic carbocycles. The van der Waals surface area contributed by atoms with E-state index in [1.54, 1.807) is 36.5 Å². The molecule has 3 aromatic rings. The zero-order valence-electron chi connectivity index (χ0n) is 19.4. The second-order valence-corrected chi connectivity index (χ2v) is 8.80. The lowest BCUT2D eigenvalue weighted by molar-refractivity contribution is -0.384. The molecule has 3 heterocycles. The number of carbonyl (C=O) groups excluding carboxylic acids is 2. The van der Waals surface area contributed by atoms with Gasteiger partial charge in [-0.15, -0.1) is 0 Å². The number of nitrogens with zero attached hydrogens (tertiary/aromatic N) is 4. The van der Waals surface area contributed by atoms with Gasteiger partial charge in [0.2, 0.25) is 0 Å². The van der Waals surface area contributed by atoms with Crippen molar-refractivity contribution in [1.82, 2.24) is 4.98 Å². The average Bonchev–Trinajstić information content (AvgIpc) is 3.19. The first-order chi connectivity index (χ1) is 17.5. The molecule has 182 valence electrons. The van der Waals surface area contributed by atoms with Gasteiger partial charge in [-0.05, 0) is 55.7 Å². The zero-order valence-corrected chi connectivity index (χ0v) is 19.4. The molecule has 1 aromatic heterocycles. The summed E-state index contributed by atoms with van der Waals surface area (Å²) in [5.41, 5.74) is 1.59. The summed E-state index contributed by atoms with van der Waals surface area (Å²) in [6.07, 6.45) is 5.03. The van der Waals surface area contributed by atoms with Crippen molar-refractivity contribution in [2.75, 3.05) is 22.9 Å². The molecule has 1 amide bonds. The van der Waals surface area contributed by atoms with Crippen LogP contribution in [0.5, 0.6) is 0 Å². The summed E-state index contributed by atoms with van der Waals surface area (Å²) in [4.78, 5) is 45.2. The van der Waals surface area contributed by atoms with Crippen LogP contribution in [0, 0.1) is 10.1 Å². The summed E-state index contributed by atoms with van der Waals surface area (Å²) in [7, 11) is 0. The number of aliphatic hydroxyl groups excluding tert-OH is 1. The molecule has 0 saturated carbocycles. The Morgan fingerprint density at radius 1 is 0.944 bits per heavy atom. The number of nitro benzene ring substituents is 1. The van der Waals surface area contributed by atoms with Gasteiger partial charge in [0.05, 0.1) is 16.2 Å². The minimum Gasteiger partial charge on any atom is -0.507 e. The van der Waals surface area contributed by atoms with Gasteiger partial charge in [-0.1, -0.05) is 18.2 Å². The molecule has 5 rings (SSSR count). The quantitative estimate of drug-likeness (QED) is 0.185. The standard InChI is InChI=1S/C27H24N4O5/c32-25(18-7-6-8-21(17-18)31(35)36)23-24(22-9-2-3-14-28-22)30(27(34)26(23)33)20-12-10-19(11-13-20)29-15-4-1-5-16-29/h2-3,6-14,17,24,32H,1,4-5,15-16H2/b25-23-. The summed E-state index contributed by atoms with van der Waals surface area (Å²) in [6.45, 7) is 1.95. The summed E-state index contributed by atoms with van der Waals surface area (Å²) in [5, 5.41) is 22.4. The van der Waals surface area contributed by atoms with Crippen LogP contribution in [-0.4, -0.2) is 39.8 Å².